The van der Waals surface area contributed by atoms with Crippen LogP contribution in [0, 0.1) is 5.82 Å². The van der Waals surface area contributed by atoms with Crippen molar-refractivity contribution in [2.75, 3.05) is 31.2 Å². The predicted octanol–water partition coefficient (Wildman–Crippen LogP) is 2.18. The Kier molecular flexibility index (Phi) is 7.78. The van der Waals surface area contributed by atoms with Gasteiger partial charge in [-0.25, -0.2) is 13.2 Å². The lowest BCUT2D eigenvalue weighted by Gasteiger charge is -2.22. The summed E-state index contributed by atoms with van der Waals surface area (Å²) in [5.74, 6) is -0.672. The molecule has 0 fully saturated rings. The standard InChI is InChI=1S/C14H19F3N2O2/c15-11-2-4-12(5-3-11)19(8-1-7-18)14(20)6-9-21-10-13(16)17/h2-5,13H,1,6-10,18H2. The van der Waals surface area contributed by atoms with Crippen LogP contribution in [-0.2, 0) is 9.53 Å². The molecule has 1 aromatic carbocycles. The minimum absolute atomic E-state index is 0.0192. The van der Waals surface area contributed by atoms with E-state index < -0.39 is 18.8 Å². The molecule has 0 spiro atoms. The normalized spacial score (nSPS) is 10.9. The largest absolute Gasteiger partial charge is 0.375 e. The highest BCUT2D eigenvalue weighted by molar-refractivity contribution is 5.93. The first-order valence-corrected chi connectivity index (χ1v) is 6.66. The fraction of sp³-hybridized carbons (Fsp3) is 0.500. The third-order valence-corrected chi connectivity index (χ3v) is 2.73. The molecule has 0 aliphatic heterocycles. The lowest BCUT2D eigenvalue weighted by atomic mass is 10.2. The average molecular weight is 304 g/mol. The average Bonchev–Trinajstić information content (AvgIpc) is 2.45. The first-order chi connectivity index (χ1) is 10.0. The number of nitrogens with zero attached hydrogens (tertiary/aromatic N) is 1. The fourth-order valence-electron chi connectivity index (χ4n) is 1.74. The van der Waals surface area contributed by atoms with Gasteiger partial charge in [-0.2, -0.15) is 0 Å². The third kappa shape index (κ3) is 6.59. The minimum atomic E-state index is -2.55. The number of amides is 1. The molecule has 1 aromatic rings. The van der Waals surface area contributed by atoms with Crippen LogP contribution in [0.5, 0.6) is 0 Å². The highest BCUT2D eigenvalue weighted by Crippen LogP contribution is 2.16. The van der Waals surface area contributed by atoms with Crippen LogP contribution in [-0.4, -0.2) is 38.6 Å². The van der Waals surface area contributed by atoms with E-state index in [0.29, 0.717) is 25.2 Å². The molecule has 7 heteroatoms. The number of anilines is 1. The van der Waals surface area contributed by atoms with Gasteiger partial charge in [0.1, 0.15) is 12.4 Å². The van der Waals surface area contributed by atoms with E-state index >= 15 is 0 Å². The number of halogens is 3. The van der Waals surface area contributed by atoms with Crippen molar-refractivity contribution < 1.29 is 22.7 Å². The summed E-state index contributed by atoms with van der Waals surface area (Å²) in [5.41, 5.74) is 5.97. The molecular formula is C14H19F3N2O2. The number of alkyl halides is 2. The van der Waals surface area contributed by atoms with E-state index in [2.05, 4.69) is 0 Å². The monoisotopic (exact) mass is 304 g/mol. The lowest BCUT2D eigenvalue weighted by Crippen LogP contribution is -2.33. The summed E-state index contributed by atoms with van der Waals surface area (Å²) >= 11 is 0. The topological polar surface area (TPSA) is 55.6 Å². The Morgan fingerprint density at radius 2 is 1.95 bits per heavy atom. The summed E-state index contributed by atoms with van der Waals surface area (Å²) in [7, 11) is 0. The third-order valence-electron chi connectivity index (χ3n) is 2.73. The van der Waals surface area contributed by atoms with Gasteiger partial charge in [-0.05, 0) is 37.2 Å². The second-order valence-electron chi connectivity index (χ2n) is 4.38. The second kappa shape index (κ2) is 9.36. The second-order valence-corrected chi connectivity index (χ2v) is 4.38. The van der Waals surface area contributed by atoms with Crippen LogP contribution >= 0.6 is 0 Å². The van der Waals surface area contributed by atoms with Crippen LogP contribution in [0.3, 0.4) is 0 Å². The maximum Gasteiger partial charge on any atom is 0.261 e. The van der Waals surface area contributed by atoms with Crippen molar-refractivity contribution in [3.63, 3.8) is 0 Å². The van der Waals surface area contributed by atoms with E-state index in [1.807, 2.05) is 0 Å². The maximum absolute atomic E-state index is 12.9. The van der Waals surface area contributed by atoms with Crippen molar-refractivity contribution in [2.45, 2.75) is 19.3 Å². The molecule has 0 radical (unpaired) electrons. The summed E-state index contributed by atoms with van der Waals surface area (Å²) < 4.78 is 41.4. The Hall–Kier alpha value is -1.60. The Morgan fingerprint density at radius 1 is 1.29 bits per heavy atom. The van der Waals surface area contributed by atoms with Crippen molar-refractivity contribution in [1.29, 1.82) is 0 Å². The van der Waals surface area contributed by atoms with Crippen LogP contribution in [0.2, 0.25) is 0 Å². The molecule has 0 saturated carbocycles. The van der Waals surface area contributed by atoms with Crippen LogP contribution in [0.25, 0.3) is 0 Å². The molecule has 118 valence electrons. The Labute approximate surface area is 121 Å². The minimum Gasteiger partial charge on any atom is -0.375 e. The van der Waals surface area contributed by atoms with Gasteiger partial charge in [-0.1, -0.05) is 0 Å². The number of carbonyl (C=O) groups excluding carboxylic acids is 1. The molecule has 0 saturated heterocycles. The van der Waals surface area contributed by atoms with E-state index in [9.17, 15) is 18.0 Å². The molecule has 1 rings (SSSR count). The van der Waals surface area contributed by atoms with Crippen LogP contribution in [0.1, 0.15) is 12.8 Å². The molecule has 0 bridgehead atoms. The molecule has 2 N–H and O–H groups in total. The van der Waals surface area contributed by atoms with Crippen LogP contribution in [0.4, 0.5) is 18.9 Å². The van der Waals surface area contributed by atoms with Crippen molar-refractivity contribution in [1.82, 2.24) is 0 Å². The van der Waals surface area contributed by atoms with E-state index in [-0.39, 0.29) is 18.9 Å². The van der Waals surface area contributed by atoms with E-state index in [1.54, 1.807) is 0 Å². The summed E-state index contributed by atoms with van der Waals surface area (Å²) in [4.78, 5) is 13.6. The zero-order valence-electron chi connectivity index (χ0n) is 11.6. The van der Waals surface area contributed by atoms with Crippen LogP contribution < -0.4 is 10.6 Å². The molecule has 0 aliphatic carbocycles. The molecule has 4 nitrogen and oxygen atoms in total. The van der Waals surface area contributed by atoms with E-state index in [4.69, 9.17) is 10.5 Å². The van der Waals surface area contributed by atoms with E-state index in [0.717, 1.165) is 0 Å². The predicted molar refractivity (Wildman–Crippen MR) is 73.9 cm³/mol. The van der Waals surface area contributed by atoms with Gasteiger partial charge in [0.15, 0.2) is 0 Å². The summed E-state index contributed by atoms with van der Waals surface area (Å²) in [6, 6.07) is 5.49. The van der Waals surface area contributed by atoms with Crippen molar-refractivity contribution in [2.24, 2.45) is 5.73 Å². The first-order valence-electron chi connectivity index (χ1n) is 6.66. The maximum atomic E-state index is 12.9. The van der Waals surface area contributed by atoms with E-state index in [1.165, 1.54) is 29.2 Å². The number of ether oxygens (including phenoxy) is 1. The van der Waals surface area contributed by atoms with Gasteiger partial charge in [0.2, 0.25) is 5.91 Å². The van der Waals surface area contributed by atoms with Crippen molar-refractivity contribution in [3.8, 4) is 0 Å². The van der Waals surface area contributed by atoms with Gasteiger partial charge in [0.05, 0.1) is 13.0 Å². The van der Waals surface area contributed by atoms with Gasteiger partial charge in [0.25, 0.3) is 6.43 Å². The van der Waals surface area contributed by atoms with Gasteiger partial charge in [-0.3, -0.25) is 4.79 Å². The quantitative estimate of drug-likeness (QED) is 0.711. The van der Waals surface area contributed by atoms with Gasteiger partial charge >= 0.3 is 0 Å². The number of rotatable bonds is 9. The fourth-order valence-corrected chi connectivity index (χ4v) is 1.74. The summed E-state index contributed by atoms with van der Waals surface area (Å²) in [6.07, 6.45) is -1.99. The van der Waals surface area contributed by atoms with Gasteiger partial charge in [0, 0.05) is 12.2 Å². The lowest BCUT2D eigenvalue weighted by molar-refractivity contribution is -0.120. The Bertz CT molecular complexity index is 427. The van der Waals surface area contributed by atoms with Crippen molar-refractivity contribution >= 4 is 11.6 Å². The van der Waals surface area contributed by atoms with Crippen molar-refractivity contribution in [3.05, 3.63) is 30.1 Å². The molecular weight excluding hydrogens is 285 g/mol. The number of hydrogen-bond donors (Lipinski definition) is 1. The first kappa shape index (κ1) is 17.5. The zero-order chi connectivity index (χ0) is 15.7. The number of nitrogens with two attached hydrogens (primary N) is 1. The Morgan fingerprint density at radius 3 is 2.52 bits per heavy atom. The molecule has 0 unspecified atom stereocenters. The molecule has 0 aliphatic rings. The summed E-state index contributed by atoms with van der Waals surface area (Å²) in [5, 5.41) is 0. The van der Waals surface area contributed by atoms with Gasteiger partial charge < -0.3 is 15.4 Å². The van der Waals surface area contributed by atoms with Gasteiger partial charge in [-0.15, -0.1) is 0 Å². The molecule has 0 aromatic heterocycles. The molecule has 1 amide bonds. The van der Waals surface area contributed by atoms with Crippen LogP contribution in [0.15, 0.2) is 24.3 Å². The SMILES string of the molecule is NCCCN(C(=O)CCOCC(F)F)c1ccc(F)cc1. The summed E-state index contributed by atoms with van der Waals surface area (Å²) in [6.45, 7) is 0.0266. The molecule has 0 heterocycles. The Balaban J connectivity index is 2.59. The highest BCUT2D eigenvalue weighted by atomic mass is 19.3. The molecule has 0 atom stereocenters. The number of carbonyl (C=O) groups is 1. The molecule has 21 heavy (non-hydrogen) atoms. The highest BCUT2D eigenvalue weighted by Gasteiger charge is 2.15. The number of benzene rings is 1. The number of hydrogen-bond acceptors (Lipinski definition) is 3. The zero-order valence-corrected chi connectivity index (χ0v) is 11.6. The smallest absolute Gasteiger partial charge is 0.261 e.